The van der Waals surface area contributed by atoms with Gasteiger partial charge in [0.15, 0.2) is 0 Å². The topological polar surface area (TPSA) is 42.2 Å². The van der Waals surface area contributed by atoms with Gasteiger partial charge in [0.25, 0.3) is 0 Å². The van der Waals surface area contributed by atoms with E-state index in [0.717, 1.165) is 11.4 Å². The Kier molecular flexibility index (Phi) is 3.23. The standard InChI is InChI=1S/C13H14FN3/c1-2-17(11-6-3-5-10(14)9-11)12-7-4-8-16-13(12)15/h3-9H,2H2,1H3,(H2,15,16). The summed E-state index contributed by atoms with van der Waals surface area (Å²) in [7, 11) is 0. The summed E-state index contributed by atoms with van der Waals surface area (Å²) < 4.78 is 13.2. The molecule has 0 saturated carbocycles. The lowest BCUT2D eigenvalue weighted by Gasteiger charge is -2.24. The Balaban J connectivity index is 2.44. The number of nitrogens with zero attached hydrogens (tertiary/aromatic N) is 2. The number of rotatable bonds is 3. The molecule has 0 atom stereocenters. The van der Waals surface area contributed by atoms with Crippen molar-refractivity contribution >= 4 is 17.2 Å². The fraction of sp³-hybridized carbons (Fsp3) is 0.154. The summed E-state index contributed by atoms with van der Waals surface area (Å²) in [5.74, 6) is 0.182. The maximum Gasteiger partial charge on any atom is 0.147 e. The highest BCUT2D eigenvalue weighted by Gasteiger charge is 2.10. The first kappa shape index (κ1) is 11.4. The van der Waals surface area contributed by atoms with Gasteiger partial charge in [-0.3, -0.25) is 0 Å². The van der Waals surface area contributed by atoms with Crippen molar-refractivity contribution in [1.82, 2.24) is 4.98 Å². The smallest absolute Gasteiger partial charge is 0.147 e. The normalized spacial score (nSPS) is 10.2. The quantitative estimate of drug-likeness (QED) is 0.883. The van der Waals surface area contributed by atoms with Gasteiger partial charge in [-0.15, -0.1) is 0 Å². The van der Waals surface area contributed by atoms with E-state index in [9.17, 15) is 4.39 Å². The van der Waals surface area contributed by atoms with Gasteiger partial charge < -0.3 is 10.6 Å². The third-order valence-corrected chi connectivity index (χ3v) is 2.54. The molecule has 1 aromatic heterocycles. The van der Waals surface area contributed by atoms with Crippen LogP contribution < -0.4 is 10.6 Å². The minimum Gasteiger partial charge on any atom is -0.382 e. The number of nitrogen functional groups attached to an aromatic ring is 1. The summed E-state index contributed by atoms with van der Waals surface area (Å²) >= 11 is 0. The molecule has 0 aliphatic rings. The molecule has 2 rings (SSSR count). The van der Waals surface area contributed by atoms with Gasteiger partial charge in [-0.1, -0.05) is 6.07 Å². The van der Waals surface area contributed by atoms with Gasteiger partial charge in [-0.25, -0.2) is 9.37 Å². The van der Waals surface area contributed by atoms with Gasteiger partial charge in [0.1, 0.15) is 11.6 Å². The van der Waals surface area contributed by atoms with Gasteiger partial charge in [0.2, 0.25) is 0 Å². The molecular weight excluding hydrogens is 217 g/mol. The number of nitrogens with two attached hydrogens (primary N) is 1. The lowest BCUT2D eigenvalue weighted by molar-refractivity contribution is 0.627. The average molecular weight is 231 g/mol. The van der Waals surface area contributed by atoms with Gasteiger partial charge >= 0.3 is 0 Å². The molecule has 0 bridgehead atoms. The molecule has 0 unspecified atom stereocenters. The summed E-state index contributed by atoms with van der Waals surface area (Å²) in [5, 5.41) is 0. The molecular formula is C13H14FN3. The molecule has 0 saturated heterocycles. The van der Waals surface area contributed by atoms with E-state index in [-0.39, 0.29) is 5.82 Å². The predicted molar refractivity (Wildman–Crippen MR) is 67.7 cm³/mol. The van der Waals surface area contributed by atoms with E-state index >= 15 is 0 Å². The number of halogens is 1. The highest BCUT2D eigenvalue weighted by atomic mass is 19.1. The second-order valence-corrected chi connectivity index (χ2v) is 3.63. The largest absolute Gasteiger partial charge is 0.382 e. The molecule has 3 nitrogen and oxygen atoms in total. The molecule has 4 heteroatoms. The molecule has 0 aliphatic heterocycles. The Morgan fingerprint density at radius 1 is 1.29 bits per heavy atom. The van der Waals surface area contributed by atoms with Crippen molar-refractivity contribution in [3.63, 3.8) is 0 Å². The second-order valence-electron chi connectivity index (χ2n) is 3.63. The van der Waals surface area contributed by atoms with Crippen molar-refractivity contribution in [3.05, 3.63) is 48.4 Å². The van der Waals surface area contributed by atoms with Gasteiger partial charge in [-0.2, -0.15) is 0 Å². The number of pyridine rings is 1. The number of aromatic nitrogens is 1. The number of hydrogen-bond donors (Lipinski definition) is 1. The fourth-order valence-electron chi connectivity index (χ4n) is 1.77. The minimum atomic E-state index is -0.261. The summed E-state index contributed by atoms with van der Waals surface area (Å²) in [5.41, 5.74) is 7.39. The van der Waals surface area contributed by atoms with Crippen LogP contribution in [0.1, 0.15) is 6.92 Å². The maximum absolute atomic E-state index is 13.2. The molecule has 0 fully saturated rings. The predicted octanol–water partition coefficient (Wildman–Crippen LogP) is 2.96. The fourth-order valence-corrected chi connectivity index (χ4v) is 1.77. The maximum atomic E-state index is 13.2. The van der Waals surface area contributed by atoms with E-state index in [1.165, 1.54) is 12.1 Å². The van der Waals surface area contributed by atoms with Crippen LogP contribution in [0, 0.1) is 5.82 Å². The first-order valence-corrected chi connectivity index (χ1v) is 5.46. The van der Waals surface area contributed by atoms with Crippen LogP contribution in [0.5, 0.6) is 0 Å². The summed E-state index contributed by atoms with van der Waals surface area (Å²) in [6.07, 6.45) is 1.64. The van der Waals surface area contributed by atoms with Gasteiger partial charge in [0.05, 0.1) is 5.69 Å². The van der Waals surface area contributed by atoms with Crippen molar-refractivity contribution in [2.75, 3.05) is 17.2 Å². The van der Waals surface area contributed by atoms with Gasteiger partial charge in [-0.05, 0) is 37.3 Å². The molecule has 0 radical (unpaired) electrons. The zero-order valence-electron chi connectivity index (χ0n) is 9.60. The van der Waals surface area contributed by atoms with Crippen LogP contribution in [0.25, 0.3) is 0 Å². The molecule has 17 heavy (non-hydrogen) atoms. The van der Waals surface area contributed by atoms with Crippen LogP contribution >= 0.6 is 0 Å². The molecule has 1 aromatic carbocycles. The Morgan fingerprint density at radius 3 is 2.76 bits per heavy atom. The highest BCUT2D eigenvalue weighted by molar-refractivity contribution is 5.71. The van der Waals surface area contributed by atoms with E-state index < -0.39 is 0 Å². The van der Waals surface area contributed by atoms with Crippen molar-refractivity contribution in [2.45, 2.75) is 6.92 Å². The third-order valence-electron chi connectivity index (χ3n) is 2.54. The van der Waals surface area contributed by atoms with E-state index in [1.54, 1.807) is 12.3 Å². The Bertz CT molecular complexity index is 514. The third kappa shape index (κ3) is 2.36. The Morgan fingerprint density at radius 2 is 2.12 bits per heavy atom. The molecule has 2 aromatic rings. The van der Waals surface area contributed by atoms with Gasteiger partial charge in [0, 0.05) is 18.4 Å². The lowest BCUT2D eigenvalue weighted by Crippen LogP contribution is -2.18. The summed E-state index contributed by atoms with van der Waals surface area (Å²) in [6, 6.07) is 10.1. The molecule has 0 spiro atoms. The zero-order chi connectivity index (χ0) is 12.3. The first-order chi connectivity index (χ1) is 8.22. The molecule has 0 amide bonds. The van der Waals surface area contributed by atoms with Crippen LogP contribution in [-0.2, 0) is 0 Å². The number of benzene rings is 1. The SMILES string of the molecule is CCN(c1cccc(F)c1)c1cccnc1N. The number of hydrogen-bond acceptors (Lipinski definition) is 3. The Labute approximate surface area is 99.7 Å². The Hall–Kier alpha value is -2.10. The minimum absolute atomic E-state index is 0.261. The molecule has 0 aliphatic carbocycles. The van der Waals surface area contributed by atoms with Crippen LogP contribution in [0.4, 0.5) is 21.6 Å². The van der Waals surface area contributed by atoms with Crippen LogP contribution in [0.2, 0.25) is 0 Å². The van der Waals surface area contributed by atoms with Crippen LogP contribution in [-0.4, -0.2) is 11.5 Å². The molecule has 88 valence electrons. The van der Waals surface area contributed by atoms with Crippen LogP contribution in [0.3, 0.4) is 0 Å². The van der Waals surface area contributed by atoms with Crippen molar-refractivity contribution in [2.24, 2.45) is 0 Å². The monoisotopic (exact) mass is 231 g/mol. The van der Waals surface area contributed by atoms with Crippen LogP contribution in [0.15, 0.2) is 42.6 Å². The van der Waals surface area contributed by atoms with Crippen molar-refractivity contribution in [1.29, 1.82) is 0 Å². The number of anilines is 3. The van der Waals surface area contributed by atoms with E-state index in [4.69, 9.17) is 5.73 Å². The summed E-state index contributed by atoms with van der Waals surface area (Å²) in [6.45, 7) is 2.68. The van der Waals surface area contributed by atoms with E-state index in [0.29, 0.717) is 12.4 Å². The zero-order valence-corrected chi connectivity index (χ0v) is 9.60. The highest BCUT2D eigenvalue weighted by Crippen LogP contribution is 2.28. The van der Waals surface area contributed by atoms with E-state index in [2.05, 4.69) is 4.98 Å². The summed E-state index contributed by atoms with van der Waals surface area (Å²) in [4.78, 5) is 5.96. The first-order valence-electron chi connectivity index (χ1n) is 5.46. The van der Waals surface area contributed by atoms with E-state index in [1.807, 2.05) is 30.0 Å². The van der Waals surface area contributed by atoms with Crippen molar-refractivity contribution < 1.29 is 4.39 Å². The second kappa shape index (κ2) is 4.82. The molecule has 2 N–H and O–H groups in total. The molecule has 1 heterocycles. The average Bonchev–Trinajstić information content (AvgIpc) is 2.33. The van der Waals surface area contributed by atoms with Crippen molar-refractivity contribution in [3.8, 4) is 0 Å². The lowest BCUT2D eigenvalue weighted by atomic mass is 10.2.